The molecule has 0 fully saturated rings. The molecule has 0 aliphatic carbocycles. The number of carbonyl (C=O) groups excluding carboxylic acids is 1. The minimum absolute atomic E-state index is 0.0826. The molecule has 4 aromatic rings. The summed E-state index contributed by atoms with van der Waals surface area (Å²) in [5.41, 5.74) is 2.54. The van der Waals surface area contributed by atoms with Crippen molar-refractivity contribution in [2.75, 3.05) is 20.8 Å². The molecule has 0 unspecified atom stereocenters. The zero-order valence-electron chi connectivity index (χ0n) is 27.1. The van der Waals surface area contributed by atoms with Gasteiger partial charge in [0.2, 0.25) is 0 Å². The molecule has 1 aliphatic rings. The van der Waals surface area contributed by atoms with E-state index < -0.39 is 12.0 Å². The van der Waals surface area contributed by atoms with Gasteiger partial charge in [0.15, 0.2) is 27.8 Å². The Morgan fingerprint density at radius 1 is 1.02 bits per heavy atom. The van der Waals surface area contributed by atoms with E-state index in [1.807, 2.05) is 26.0 Å². The Morgan fingerprint density at radius 2 is 1.75 bits per heavy atom. The summed E-state index contributed by atoms with van der Waals surface area (Å²) in [6, 6.07) is 13.4. The monoisotopic (exact) mass is 774 g/mol. The summed E-state index contributed by atoms with van der Waals surface area (Å²) in [5.74, 6) is 1.42. The van der Waals surface area contributed by atoms with E-state index in [1.165, 1.54) is 15.9 Å². The number of fused-ring (bicyclic) bond motifs is 1. The molecule has 0 radical (unpaired) electrons. The molecule has 5 rings (SSSR count). The lowest BCUT2D eigenvalue weighted by atomic mass is 9.95. The Morgan fingerprint density at radius 3 is 2.42 bits per heavy atom. The van der Waals surface area contributed by atoms with Gasteiger partial charge in [-0.3, -0.25) is 9.36 Å². The van der Waals surface area contributed by atoms with Crippen LogP contribution in [0.1, 0.15) is 50.4 Å². The first-order valence-corrected chi connectivity index (χ1v) is 17.3. The predicted molar refractivity (Wildman–Crippen MR) is 191 cm³/mol. The Labute approximate surface area is 300 Å². The number of hydrogen-bond donors (Lipinski definition) is 0. The Balaban J connectivity index is 1.59. The van der Waals surface area contributed by atoms with E-state index in [4.69, 9.17) is 46.9 Å². The maximum atomic E-state index is 14.2. The highest BCUT2D eigenvalue weighted by Crippen LogP contribution is 2.37. The van der Waals surface area contributed by atoms with Crippen LogP contribution in [-0.2, 0) is 16.1 Å². The van der Waals surface area contributed by atoms with E-state index in [0.29, 0.717) is 63.7 Å². The molecule has 252 valence electrons. The second-order valence-electron chi connectivity index (χ2n) is 10.9. The Bertz CT molecular complexity index is 2090. The highest BCUT2D eigenvalue weighted by molar-refractivity contribution is 9.10. The van der Waals surface area contributed by atoms with Crippen molar-refractivity contribution in [3.8, 4) is 23.0 Å². The number of ether oxygens (including phenoxy) is 5. The summed E-state index contributed by atoms with van der Waals surface area (Å²) in [4.78, 5) is 32.7. The zero-order chi connectivity index (χ0) is 34.7. The molecule has 0 amide bonds. The lowest BCUT2D eigenvalue weighted by Gasteiger charge is -2.25. The maximum absolute atomic E-state index is 14.2. The van der Waals surface area contributed by atoms with Crippen molar-refractivity contribution in [3.63, 3.8) is 0 Å². The van der Waals surface area contributed by atoms with Gasteiger partial charge in [0.05, 0.1) is 58.8 Å². The third-order valence-electron chi connectivity index (χ3n) is 7.33. The third kappa shape index (κ3) is 7.44. The van der Waals surface area contributed by atoms with Crippen LogP contribution in [0.15, 0.2) is 74.1 Å². The number of hydrogen-bond acceptors (Lipinski definition) is 9. The molecule has 48 heavy (non-hydrogen) atoms. The fourth-order valence-corrected chi connectivity index (χ4v) is 6.97. The number of benzene rings is 3. The first-order valence-electron chi connectivity index (χ1n) is 14.9. The fraction of sp³-hybridized carbons (Fsp3) is 0.286. The number of aromatic nitrogens is 1. The zero-order valence-corrected chi connectivity index (χ0v) is 31.0. The first kappa shape index (κ1) is 35.5. The molecule has 1 aromatic heterocycles. The van der Waals surface area contributed by atoms with E-state index >= 15 is 0 Å². The lowest BCUT2D eigenvalue weighted by Crippen LogP contribution is -2.40. The van der Waals surface area contributed by atoms with Crippen LogP contribution in [-0.4, -0.2) is 37.5 Å². The largest absolute Gasteiger partial charge is 0.493 e. The normalized spacial score (nSPS) is 14.5. The van der Waals surface area contributed by atoms with Crippen molar-refractivity contribution in [3.05, 3.63) is 111 Å². The molecule has 1 aliphatic heterocycles. The van der Waals surface area contributed by atoms with Crippen molar-refractivity contribution in [2.45, 2.75) is 46.4 Å². The van der Waals surface area contributed by atoms with E-state index in [1.54, 1.807) is 70.5 Å². The van der Waals surface area contributed by atoms with Crippen LogP contribution in [0.3, 0.4) is 0 Å². The highest BCUT2D eigenvalue weighted by atomic mass is 79.9. The lowest BCUT2D eigenvalue weighted by molar-refractivity contribution is -0.139. The number of esters is 1. The molecule has 13 heteroatoms. The summed E-state index contributed by atoms with van der Waals surface area (Å²) < 4.78 is 31.2. The van der Waals surface area contributed by atoms with Crippen LogP contribution in [0.2, 0.25) is 10.0 Å². The minimum Gasteiger partial charge on any atom is -0.493 e. The smallest absolute Gasteiger partial charge is 0.338 e. The molecular weight excluding hydrogens is 743 g/mol. The van der Waals surface area contributed by atoms with E-state index in [0.717, 1.165) is 5.56 Å². The summed E-state index contributed by atoms with van der Waals surface area (Å²) in [7, 11) is 3.08. The van der Waals surface area contributed by atoms with Crippen LogP contribution in [0, 0.1) is 0 Å². The number of methoxy groups -OCH3 is 2. The SMILES string of the molecule is CCOC(=O)C1=C(C)N=c2s/c(=C\c3cc(OC)c(OCc4ccc(Cl)c(Cl)c4)cc3Br)c(=O)n2[C@H]1c1ccc(OC(C)C)c(OC)c1. The number of halogens is 3. The van der Waals surface area contributed by atoms with Gasteiger partial charge in [-0.2, -0.15) is 0 Å². The van der Waals surface area contributed by atoms with Gasteiger partial charge in [-0.05, 0) is 86.9 Å². The summed E-state index contributed by atoms with van der Waals surface area (Å²) in [5, 5.41) is 0.897. The highest BCUT2D eigenvalue weighted by Gasteiger charge is 2.34. The van der Waals surface area contributed by atoms with Crippen molar-refractivity contribution in [1.82, 2.24) is 4.57 Å². The molecule has 3 aromatic carbocycles. The van der Waals surface area contributed by atoms with Crippen LogP contribution < -0.4 is 33.8 Å². The van der Waals surface area contributed by atoms with E-state index in [-0.39, 0.29) is 30.5 Å². The van der Waals surface area contributed by atoms with Gasteiger partial charge < -0.3 is 23.7 Å². The number of allylic oxidation sites excluding steroid dienone is 1. The molecule has 0 spiro atoms. The Hall–Kier alpha value is -3.77. The van der Waals surface area contributed by atoms with Gasteiger partial charge in [0.1, 0.15) is 6.61 Å². The second-order valence-corrected chi connectivity index (χ2v) is 13.6. The predicted octanol–water partition coefficient (Wildman–Crippen LogP) is 7.25. The Kier molecular flexibility index (Phi) is 11.2. The van der Waals surface area contributed by atoms with Crippen LogP contribution in [0.25, 0.3) is 6.08 Å². The molecule has 0 bridgehead atoms. The quantitative estimate of drug-likeness (QED) is 0.148. The number of carbonyl (C=O) groups is 1. The van der Waals surface area contributed by atoms with E-state index in [2.05, 4.69) is 20.9 Å². The summed E-state index contributed by atoms with van der Waals surface area (Å²) in [6.45, 7) is 7.71. The van der Waals surface area contributed by atoms with Crippen LogP contribution in [0.4, 0.5) is 0 Å². The molecule has 1 atom stereocenters. The molecule has 2 heterocycles. The summed E-state index contributed by atoms with van der Waals surface area (Å²) >= 11 is 17.0. The summed E-state index contributed by atoms with van der Waals surface area (Å²) in [6.07, 6.45) is 1.67. The fourth-order valence-electron chi connectivity index (χ4n) is 5.18. The number of thiazole rings is 1. The van der Waals surface area contributed by atoms with Crippen molar-refractivity contribution >= 4 is 62.5 Å². The van der Waals surface area contributed by atoms with Crippen molar-refractivity contribution < 1.29 is 28.5 Å². The van der Waals surface area contributed by atoms with Crippen molar-refractivity contribution in [1.29, 1.82) is 0 Å². The minimum atomic E-state index is -0.820. The van der Waals surface area contributed by atoms with Gasteiger partial charge in [-0.15, -0.1) is 0 Å². The third-order valence-corrected chi connectivity index (χ3v) is 9.74. The van der Waals surface area contributed by atoms with Gasteiger partial charge in [-0.25, -0.2) is 9.79 Å². The average Bonchev–Trinajstić information content (AvgIpc) is 3.35. The number of nitrogens with zero attached hydrogens (tertiary/aromatic N) is 2. The van der Waals surface area contributed by atoms with Gasteiger partial charge in [-0.1, -0.05) is 62.6 Å². The molecule has 0 saturated heterocycles. The molecule has 0 N–H and O–H groups in total. The topological polar surface area (TPSA) is 97.6 Å². The molecular formula is C35H33BrCl2N2O7S. The van der Waals surface area contributed by atoms with E-state index in [9.17, 15) is 9.59 Å². The van der Waals surface area contributed by atoms with Gasteiger partial charge in [0.25, 0.3) is 5.56 Å². The second kappa shape index (κ2) is 15.2. The van der Waals surface area contributed by atoms with Crippen molar-refractivity contribution in [2.24, 2.45) is 4.99 Å². The average molecular weight is 777 g/mol. The number of rotatable bonds is 11. The maximum Gasteiger partial charge on any atom is 0.338 e. The molecule has 9 nitrogen and oxygen atoms in total. The standard InChI is InChI=1S/C35H33BrCl2N2O7S/c1-7-45-34(42)31-19(4)39-35-40(32(31)21-9-11-26(47-18(2)3)27(13-21)43-5)33(41)30(48-35)15-22-14-28(44-6)29(16-23(22)36)46-17-20-8-10-24(37)25(38)12-20/h8-16,18,32H,7,17H2,1-6H3/b30-15-/t32-/m0/s1. The first-order chi connectivity index (χ1) is 22.9. The molecule has 0 saturated carbocycles. The van der Waals surface area contributed by atoms with Crippen LogP contribution in [0.5, 0.6) is 23.0 Å². The van der Waals surface area contributed by atoms with Gasteiger partial charge in [0, 0.05) is 4.47 Å². The van der Waals surface area contributed by atoms with Gasteiger partial charge >= 0.3 is 5.97 Å². The van der Waals surface area contributed by atoms with Crippen LogP contribution >= 0.6 is 50.5 Å².